The molecule has 0 saturated heterocycles. The molecule has 1 aromatic carbocycles. The summed E-state index contributed by atoms with van der Waals surface area (Å²) in [6, 6.07) is 8.66. The summed E-state index contributed by atoms with van der Waals surface area (Å²) < 4.78 is 5.95. The standard InChI is InChI=1S/C33H52N2O/c1-3-5-7-8-9-10-11-13-25-36-32-23-19-29(20-24-32)15-16-30-26-34-33(35-27-30)31-21-17-28(18-22-31)14-12-6-4-2/h19-20,23-24,26-28,31H,3-18,21-22,25H2,1-2H3. The second-order valence-electron chi connectivity index (χ2n) is 11.1. The zero-order valence-electron chi connectivity index (χ0n) is 23.4. The summed E-state index contributed by atoms with van der Waals surface area (Å²) in [5.74, 6) is 3.58. The summed E-state index contributed by atoms with van der Waals surface area (Å²) in [5.41, 5.74) is 2.59. The SMILES string of the molecule is CCCCCCCCCCOc1ccc(CCc2cnc(C3CCC(CCCCC)CC3)nc2)cc1. The molecule has 1 fully saturated rings. The first-order valence-corrected chi connectivity index (χ1v) is 15.3. The number of benzene rings is 1. The van der Waals surface area contributed by atoms with Crippen molar-refractivity contribution in [2.24, 2.45) is 5.92 Å². The minimum Gasteiger partial charge on any atom is -0.494 e. The Hall–Kier alpha value is -1.90. The van der Waals surface area contributed by atoms with Crippen molar-refractivity contribution in [3.05, 3.63) is 53.6 Å². The maximum absolute atomic E-state index is 5.95. The van der Waals surface area contributed by atoms with E-state index < -0.39 is 0 Å². The maximum atomic E-state index is 5.95. The van der Waals surface area contributed by atoms with E-state index in [1.807, 2.05) is 0 Å². The van der Waals surface area contributed by atoms with Crippen LogP contribution in [0.25, 0.3) is 0 Å². The van der Waals surface area contributed by atoms with Crippen LogP contribution in [0, 0.1) is 5.92 Å². The minimum atomic E-state index is 0.569. The Morgan fingerprint density at radius 2 is 1.25 bits per heavy atom. The number of unbranched alkanes of at least 4 members (excludes halogenated alkanes) is 9. The number of aromatic nitrogens is 2. The zero-order chi connectivity index (χ0) is 25.3. The third kappa shape index (κ3) is 11.0. The van der Waals surface area contributed by atoms with Crippen LogP contribution in [0.5, 0.6) is 5.75 Å². The molecule has 0 radical (unpaired) electrons. The van der Waals surface area contributed by atoms with Gasteiger partial charge in [-0.15, -0.1) is 0 Å². The third-order valence-corrected chi connectivity index (χ3v) is 8.05. The van der Waals surface area contributed by atoms with Crippen molar-refractivity contribution >= 4 is 0 Å². The first kappa shape index (κ1) is 28.7. The molecule has 3 rings (SSSR count). The van der Waals surface area contributed by atoms with Crippen molar-refractivity contribution < 1.29 is 4.74 Å². The van der Waals surface area contributed by atoms with E-state index >= 15 is 0 Å². The monoisotopic (exact) mass is 492 g/mol. The van der Waals surface area contributed by atoms with E-state index in [4.69, 9.17) is 14.7 Å². The Morgan fingerprint density at radius 3 is 1.92 bits per heavy atom. The highest BCUT2D eigenvalue weighted by molar-refractivity contribution is 5.28. The Labute approximate surface area is 221 Å². The predicted molar refractivity (Wildman–Crippen MR) is 153 cm³/mol. The van der Waals surface area contributed by atoms with Crippen LogP contribution in [-0.2, 0) is 12.8 Å². The number of aryl methyl sites for hydroxylation is 2. The molecular formula is C33H52N2O. The minimum absolute atomic E-state index is 0.569. The van der Waals surface area contributed by atoms with Gasteiger partial charge in [-0.1, -0.05) is 96.6 Å². The lowest BCUT2D eigenvalue weighted by Gasteiger charge is -2.27. The van der Waals surface area contributed by atoms with Gasteiger partial charge < -0.3 is 4.74 Å². The largest absolute Gasteiger partial charge is 0.494 e. The molecule has 0 N–H and O–H groups in total. The molecule has 3 nitrogen and oxygen atoms in total. The third-order valence-electron chi connectivity index (χ3n) is 8.05. The van der Waals surface area contributed by atoms with Crippen molar-refractivity contribution in [2.75, 3.05) is 6.61 Å². The van der Waals surface area contributed by atoms with Crippen LogP contribution >= 0.6 is 0 Å². The van der Waals surface area contributed by atoms with Crippen LogP contribution in [0.15, 0.2) is 36.7 Å². The fraction of sp³-hybridized carbons (Fsp3) is 0.697. The van der Waals surface area contributed by atoms with Gasteiger partial charge in [0.15, 0.2) is 0 Å². The molecule has 1 aromatic heterocycles. The average Bonchev–Trinajstić information content (AvgIpc) is 2.92. The lowest BCUT2D eigenvalue weighted by Crippen LogP contribution is -2.15. The predicted octanol–water partition coefficient (Wildman–Crippen LogP) is 9.64. The molecule has 2 aromatic rings. The van der Waals surface area contributed by atoms with Crippen LogP contribution in [-0.4, -0.2) is 16.6 Å². The normalized spacial score (nSPS) is 17.8. The average molecular weight is 493 g/mol. The summed E-state index contributed by atoms with van der Waals surface area (Å²) >= 11 is 0. The highest BCUT2D eigenvalue weighted by Gasteiger charge is 2.23. The van der Waals surface area contributed by atoms with E-state index in [1.54, 1.807) is 0 Å². The van der Waals surface area contributed by atoms with Crippen LogP contribution in [0.3, 0.4) is 0 Å². The molecule has 200 valence electrons. The van der Waals surface area contributed by atoms with E-state index in [9.17, 15) is 0 Å². The molecule has 0 amide bonds. The molecule has 36 heavy (non-hydrogen) atoms. The van der Waals surface area contributed by atoms with Gasteiger partial charge in [0.25, 0.3) is 0 Å². The Balaban J connectivity index is 1.29. The Morgan fingerprint density at radius 1 is 0.667 bits per heavy atom. The second-order valence-corrected chi connectivity index (χ2v) is 11.1. The summed E-state index contributed by atoms with van der Waals surface area (Å²) in [6.07, 6.45) is 27.6. The first-order valence-electron chi connectivity index (χ1n) is 15.3. The molecule has 1 heterocycles. The van der Waals surface area contributed by atoms with Gasteiger partial charge in [-0.2, -0.15) is 0 Å². The zero-order valence-corrected chi connectivity index (χ0v) is 23.4. The summed E-state index contributed by atoms with van der Waals surface area (Å²) in [5, 5.41) is 0. The van der Waals surface area contributed by atoms with Crippen LogP contribution in [0.1, 0.15) is 139 Å². The molecule has 3 heteroatoms. The summed E-state index contributed by atoms with van der Waals surface area (Å²) in [6.45, 7) is 5.40. The van der Waals surface area contributed by atoms with Gasteiger partial charge in [-0.25, -0.2) is 9.97 Å². The Bertz CT molecular complexity index is 793. The highest BCUT2D eigenvalue weighted by Crippen LogP contribution is 2.36. The fourth-order valence-corrected chi connectivity index (χ4v) is 5.56. The quantitative estimate of drug-likeness (QED) is 0.194. The van der Waals surface area contributed by atoms with E-state index in [1.165, 1.54) is 107 Å². The second kappa shape index (κ2) is 17.5. The van der Waals surface area contributed by atoms with Gasteiger partial charge in [0.1, 0.15) is 11.6 Å². The van der Waals surface area contributed by atoms with E-state index in [-0.39, 0.29) is 0 Å². The summed E-state index contributed by atoms with van der Waals surface area (Å²) in [7, 11) is 0. The van der Waals surface area contributed by atoms with Gasteiger partial charge in [0.2, 0.25) is 0 Å². The van der Waals surface area contributed by atoms with Crippen molar-refractivity contribution in [1.82, 2.24) is 9.97 Å². The van der Waals surface area contributed by atoms with Crippen LogP contribution in [0.2, 0.25) is 0 Å². The lowest BCUT2D eigenvalue weighted by molar-refractivity contribution is 0.297. The van der Waals surface area contributed by atoms with Crippen molar-refractivity contribution in [3.8, 4) is 5.75 Å². The number of rotatable bonds is 18. The highest BCUT2D eigenvalue weighted by atomic mass is 16.5. The maximum Gasteiger partial charge on any atom is 0.131 e. The molecule has 0 aliphatic heterocycles. The van der Waals surface area contributed by atoms with Crippen LogP contribution < -0.4 is 4.74 Å². The van der Waals surface area contributed by atoms with Gasteiger partial charge in [0, 0.05) is 18.3 Å². The summed E-state index contributed by atoms with van der Waals surface area (Å²) in [4.78, 5) is 9.54. The lowest BCUT2D eigenvalue weighted by atomic mass is 9.79. The number of hydrogen-bond donors (Lipinski definition) is 0. The molecule has 0 unspecified atom stereocenters. The number of ether oxygens (including phenoxy) is 1. The fourth-order valence-electron chi connectivity index (χ4n) is 5.56. The number of hydrogen-bond acceptors (Lipinski definition) is 3. The van der Waals surface area contributed by atoms with Gasteiger partial charge >= 0.3 is 0 Å². The van der Waals surface area contributed by atoms with Gasteiger partial charge in [-0.3, -0.25) is 0 Å². The van der Waals surface area contributed by atoms with E-state index in [0.29, 0.717) is 5.92 Å². The molecule has 0 spiro atoms. The van der Waals surface area contributed by atoms with Gasteiger partial charge in [0.05, 0.1) is 6.61 Å². The van der Waals surface area contributed by atoms with E-state index in [2.05, 4.69) is 50.5 Å². The Kier molecular flexibility index (Phi) is 14.0. The van der Waals surface area contributed by atoms with Gasteiger partial charge in [-0.05, 0) is 74.1 Å². The van der Waals surface area contributed by atoms with Crippen molar-refractivity contribution in [3.63, 3.8) is 0 Å². The molecule has 1 saturated carbocycles. The van der Waals surface area contributed by atoms with Crippen LogP contribution in [0.4, 0.5) is 0 Å². The first-order chi connectivity index (χ1) is 17.8. The molecule has 0 bridgehead atoms. The smallest absolute Gasteiger partial charge is 0.131 e. The molecule has 0 atom stereocenters. The molecule has 1 aliphatic carbocycles. The molecule has 1 aliphatic rings. The van der Waals surface area contributed by atoms with E-state index in [0.717, 1.165) is 43.4 Å². The van der Waals surface area contributed by atoms with Crippen molar-refractivity contribution in [1.29, 1.82) is 0 Å². The topological polar surface area (TPSA) is 35.0 Å². The number of nitrogens with zero attached hydrogens (tertiary/aromatic N) is 2. The van der Waals surface area contributed by atoms with Crippen molar-refractivity contribution in [2.45, 2.75) is 135 Å². The molecular weight excluding hydrogens is 440 g/mol.